The molecule has 0 aliphatic rings. The molecule has 0 radical (unpaired) electrons. The number of carbonyl (C=O) groups excluding carboxylic acids is 2. The fourth-order valence-corrected chi connectivity index (χ4v) is 5.73. The van der Waals surface area contributed by atoms with Crippen molar-refractivity contribution >= 4 is 118 Å². The van der Waals surface area contributed by atoms with Gasteiger partial charge < -0.3 is 9.84 Å². The van der Waals surface area contributed by atoms with Crippen molar-refractivity contribution in [1.82, 2.24) is 0 Å². The van der Waals surface area contributed by atoms with Crippen molar-refractivity contribution in [2.24, 2.45) is 0 Å². The number of hydrogen-bond acceptors (Lipinski definition) is 6. The second-order valence-corrected chi connectivity index (χ2v) is 10.9. The van der Waals surface area contributed by atoms with Crippen LogP contribution in [-0.4, -0.2) is 47.7 Å². The number of halogens is 6. The Kier molecular flexibility index (Phi) is 9.69. The largest absolute Gasteiger partial charge is 0.478 e. The quantitative estimate of drug-likeness (QED) is 0.133. The fraction of sp³-hybridized carbons (Fsp3) is 0.308. The number of ether oxygens (including phenoxy) is 1. The summed E-state index contributed by atoms with van der Waals surface area (Å²) in [6, 6.07) is 0. The standard InChI is InChI=1S/C13H8F2I4O8S/c14-13(15,28(24,25)26)2-1-4(20)3-27-12(23)6-5(11(21)22)7(16)9(18)10(19)8(6)17/h1-3H2,(H,21,22)(H,24,25,26). The molecule has 0 heterocycles. The molecule has 156 valence electrons. The van der Waals surface area contributed by atoms with Gasteiger partial charge in [-0.3, -0.25) is 9.35 Å². The van der Waals surface area contributed by atoms with Crippen LogP contribution in [0.4, 0.5) is 8.78 Å². The van der Waals surface area contributed by atoms with Gasteiger partial charge in [-0.1, -0.05) is 0 Å². The molecule has 0 fully saturated rings. The van der Waals surface area contributed by atoms with Gasteiger partial charge in [-0.15, -0.1) is 0 Å². The maximum Gasteiger partial charge on any atom is 0.370 e. The minimum Gasteiger partial charge on any atom is -0.478 e. The lowest BCUT2D eigenvalue weighted by molar-refractivity contribution is -0.123. The average Bonchev–Trinajstić information content (AvgIpc) is 2.57. The second kappa shape index (κ2) is 10.2. The van der Waals surface area contributed by atoms with Crippen LogP contribution in [0.3, 0.4) is 0 Å². The summed E-state index contributed by atoms with van der Waals surface area (Å²) in [5.74, 6) is -3.55. The number of hydrogen-bond donors (Lipinski definition) is 2. The first-order chi connectivity index (χ1) is 12.6. The molecule has 0 saturated carbocycles. The summed E-state index contributed by atoms with van der Waals surface area (Å²) >= 11 is 7.35. The Labute approximate surface area is 211 Å². The van der Waals surface area contributed by atoms with Crippen LogP contribution < -0.4 is 0 Å². The number of Topliss-reactive ketones (excluding diaryl/α,β-unsaturated/α-hetero) is 1. The van der Waals surface area contributed by atoms with E-state index >= 15 is 0 Å². The lowest BCUT2D eigenvalue weighted by atomic mass is 10.1. The van der Waals surface area contributed by atoms with Gasteiger partial charge in [0.15, 0.2) is 5.78 Å². The second-order valence-electron chi connectivity index (χ2n) is 5.04. The Morgan fingerprint density at radius 2 is 1.43 bits per heavy atom. The lowest BCUT2D eigenvalue weighted by Gasteiger charge is -2.14. The van der Waals surface area contributed by atoms with Crippen LogP contribution in [0.2, 0.25) is 0 Å². The maximum absolute atomic E-state index is 13.1. The normalized spacial score (nSPS) is 12.0. The van der Waals surface area contributed by atoms with Crippen molar-refractivity contribution in [3.05, 3.63) is 25.4 Å². The van der Waals surface area contributed by atoms with Crippen LogP contribution in [0.5, 0.6) is 0 Å². The Balaban J connectivity index is 2.98. The molecule has 0 aliphatic heterocycles. The van der Waals surface area contributed by atoms with Gasteiger partial charge in [-0.25, -0.2) is 9.59 Å². The molecule has 0 saturated heterocycles. The molecule has 0 bridgehead atoms. The van der Waals surface area contributed by atoms with Crippen LogP contribution in [0, 0.1) is 14.3 Å². The van der Waals surface area contributed by atoms with Crippen LogP contribution in [0.25, 0.3) is 0 Å². The van der Waals surface area contributed by atoms with Crippen molar-refractivity contribution in [1.29, 1.82) is 0 Å². The first-order valence-corrected chi connectivity index (χ1v) is 12.5. The Morgan fingerprint density at radius 3 is 1.86 bits per heavy atom. The minimum atomic E-state index is -5.67. The van der Waals surface area contributed by atoms with E-state index in [1.807, 2.05) is 45.2 Å². The number of alkyl halides is 2. The smallest absolute Gasteiger partial charge is 0.370 e. The summed E-state index contributed by atoms with van der Waals surface area (Å²) < 4.78 is 62.1. The zero-order valence-electron chi connectivity index (χ0n) is 13.1. The molecule has 15 heteroatoms. The SMILES string of the molecule is O=C(CCC(F)(F)S(=O)(=O)O)COC(=O)c1c(I)c(I)c(I)c(I)c1C(=O)O. The monoisotopic (exact) mass is 870 g/mol. The average molecular weight is 870 g/mol. The molecule has 0 amide bonds. The van der Waals surface area contributed by atoms with Crippen molar-refractivity contribution in [3.8, 4) is 0 Å². The topological polar surface area (TPSA) is 135 Å². The van der Waals surface area contributed by atoms with E-state index in [0.717, 1.165) is 0 Å². The van der Waals surface area contributed by atoms with E-state index in [0.29, 0.717) is 10.7 Å². The highest BCUT2D eigenvalue weighted by Gasteiger charge is 2.43. The zero-order valence-corrected chi connectivity index (χ0v) is 22.6. The van der Waals surface area contributed by atoms with E-state index in [1.165, 1.54) is 0 Å². The molecule has 0 spiro atoms. The summed E-state index contributed by atoms with van der Waals surface area (Å²) in [6.45, 7) is -0.964. The zero-order chi connectivity index (χ0) is 22.0. The molecular weight excluding hydrogens is 862 g/mol. The van der Waals surface area contributed by atoms with Crippen molar-refractivity contribution in [2.45, 2.75) is 18.1 Å². The molecule has 0 aromatic heterocycles. The molecule has 0 aliphatic carbocycles. The molecule has 1 aromatic carbocycles. The molecule has 1 aromatic rings. The maximum atomic E-state index is 13.1. The minimum absolute atomic E-state index is 0.279. The predicted octanol–water partition coefficient (Wildman–Crippen LogP) is 3.79. The molecule has 8 nitrogen and oxygen atoms in total. The first-order valence-electron chi connectivity index (χ1n) is 6.74. The van der Waals surface area contributed by atoms with Crippen LogP contribution in [0.15, 0.2) is 0 Å². The van der Waals surface area contributed by atoms with Crippen LogP contribution in [-0.2, 0) is 19.6 Å². The highest BCUT2D eigenvalue weighted by molar-refractivity contribution is 14.1. The van der Waals surface area contributed by atoms with Gasteiger partial charge in [-0.05, 0) is 90.4 Å². The number of carboxylic acids is 1. The molecule has 0 unspecified atom stereocenters. The number of benzene rings is 1. The van der Waals surface area contributed by atoms with Crippen LogP contribution in [0.1, 0.15) is 33.6 Å². The third kappa shape index (κ3) is 6.26. The van der Waals surface area contributed by atoms with Gasteiger partial charge in [-0.2, -0.15) is 17.2 Å². The molecule has 28 heavy (non-hydrogen) atoms. The molecule has 2 N–H and O–H groups in total. The van der Waals surface area contributed by atoms with Gasteiger partial charge in [0.25, 0.3) is 0 Å². The third-order valence-electron chi connectivity index (χ3n) is 3.12. The highest BCUT2D eigenvalue weighted by atomic mass is 127. The Bertz CT molecular complexity index is 949. The van der Waals surface area contributed by atoms with E-state index in [2.05, 4.69) is 0 Å². The van der Waals surface area contributed by atoms with Crippen molar-refractivity contribution in [2.75, 3.05) is 6.61 Å². The number of carbonyl (C=O) groups is 3. The summed E-state index contributed by atoms with van der Waals surface area (Å²) in [5, 5.41) is 4.90. The van der Waals surface area contributed by atoms with Gasteiger partial charge in [0.05, 0.1) is 11.1 Å². The van der Waals surface area contributed by atoms with Gasteiger partial charge in [0.2, 0.25) is 0 Å². The Hall–Kier alpha value is 0.520. The molecule has 1 rings (SSSR count). The van der Waals surface area contributed by atoms with Crippen molar-refractivity contribution < 1.29 is 46.0 Å². The van der Waals surface area contributed by atoms with Crippen LogP contribution >= 0.6 is 90.4 Å². The van der Waals surface area contributed by atoms with E-state index in [1.54, 1.807) is 45.2 Å². The number of ketones is 1. The Morgan fingerprint density at radius 1 is 0.964 bits per heavy atom. The predicted molar refractivity (Wildman–Crippen MR) is 125 cm³/mol. The number of rotatable bonds is 8. The molecular formula is C13H8F2I4O8S. The fourth-order valence-electron chi connectivity index (χ4n) is 1.73. The summed E-state index contributed by atoms with van der Waals surface area (Å²) in [5.41, 5.74) is -0.594. The first kappa shape index (κ1) is 26.6. The van der Waals surface area contributed by atoms with Crippen molar-refractivity contribution in [3.63, 3.8) is 0 Å². The van der Waals surface area contributed by atoms with E-state index < -0.39 is 52.5 Å². The summed E-state index contributed by atoms with van der Waals surface area (Å²) in [4.78, 5) is 35.5. The van der Waals surface area contributed by atoms with E-state index in [4.69, 9.17) is 9.29 Å². The number of aromatic carboxylic acids is 1. The van der Waals surface area contributed by atoms with Gasteiger partial charge in [0, 0.05) is 27.1 Å². The summed E-state index contributed by atoms with van der Waals surface area (Å²) in [7, 11) is -5.67. The summed E-state index contributed by atoms with van der Waals surface area (Å²) in [6.07, 6.45) is -2.47. The van der Waals surface area contributed by atoms with E-state index in [-0.39, 0.29) is 14.7 Å². The number of esters is 1. The highest BCUT2D eigenvalue weighted by Crippen LogP contribution is 2.33. The van der Waals surface area contributed by atoms with E-state index in [9.17, 15) is 36.7 Å². The van der Waals surface area contributed by atoms with Gasteiger partial charge >= 0.3 is 27.3 Å². The number of carboxylic acid groups (broad SMARTS) is 1. The third-order valence-corrected chi connectivity index (χ3v) is 11.5. The lowest BCUT2D eigenvalue weighted by Crippen LogP contribution is -2.29. The molecule has 0 atom stereocenters. The van der Waals surface area contributed by atoms with Gasteiger partial charge in [0.1, 0.15) is 6.61 Å².